The molecule has 1 N–H and O–H groups in total. The number of rotatable bonds is 37. The van der Waals surface area contributed by atoms with Crippen molar-refractivity contribution in [3.63, 3.8) is 0 Å². The number of carbonyl (C=O) groups excluding carboxylic acids is 1. The minimum atomic E-state index is -0.710. The van der Waals surface area contributed by atoms with Crippen LogP contribution >= 0.6 is 0 Å². The first-order valence-electron chi connectivity index (χ1n) is 20.3. The van der Waals surface area contributed by atoms with Gasteiger partial charge in [0.15, 0.2) is 0 Å². The molecule has 0 bridgehead atoms. The van der Waals surface area contributed by atoms with Gasteiger partial charge in [0.25, 0.3) is 0 Å². The first-order valence-corrected chi connectivity index (χ1v) is 20.3. The Morgan fingerprint density at radius 2 is 0.848 bits per heavy atom. The fourth-order valence-electron chi connectivity index (χ4n) is 6.16. The van der Waals surface area contributed by atoms with Crippen molar-refractivity contribution in [1.29, 1.82) is 0 Å². The molecular weight excluding hydrogens is 568 g/mol. The van der Waals surface area contributed by atoms with Crippen LogP contribution in [0.2, 0.25) is 0 Å². The summed E-state index contributed by atoms with van der Waals surface area (Å²) in [4.78, 5) is 23.3. The Hall–Kier alpha value is -1.58. The Labute approximate surface area is 287 Å². The van der Waals surface area contributed by atoms with Crippen LogP contribution in [0.15, 0.2) is 24.3 Å². The van der Waals surface area contributed by atoms with Crippen LogP contribution in [0.1, 0.15) is 226 Å². The number of esters is 1. The van der Waals surface area contributed by atoms with Gasteiger partial charge in [-0.1, -0.05) is 167 Å². The molecule has 0 aromatic heterocycles. The molecule has 0 radical (unpaired) electrons. The van der Waals surface area contributed by atoms with Gasteiger partial charge in [0.1, 0.15) is 6.10 Å². The molecule has 0 saturated heterocycles. The average molecular weight is 647 g/mol. The van der Waals surface area contributed by atoms with E-state index < -0.39 is 5.97 Å². The molecular formula is C42H78O4. The highest BCUT2D eigenvalue weighted by Crippen LogP contribution is 2.19. The highest BCUT2D eigenvalue weighted by molar-refractivity contribution is 5.69. The van der Waals surface area contributed by atoms with E-state index in [9.17, 15) is 9.59 Å². The number of hydrogen-bond acceptors (Lipinski definition) is 3. The fourth-order valence-corrected chi connectivity index (χ4v) is 6.16. The molecule has 4 heteroatoms. The van der Waals surface area contributed by atoms with Crippen LogP contribution in [-0.2, 0) is 14.3 Å². The number of carbonyl (C=O) groups is 2. The van der Waals surface area contributed by atoms with Crippen LogP contribution in [0.5, 0.6) is 0 Å². The van der Waals surface area contributed by atoms with Gasteiger partial charge in [0.05, 0.1) is 0 Å². The summed E-state index contributed by atoms with van der Waals surface area (Å²) in [5, 5.41) is 8.83. The van der Waals surface area contributed by atoms with E-state index >= 15 is 0 Å². The first kappa shape index (κ1) is 44.4. The quantitative estimate of drug-likeness (QED) is 0.0414. The zero-order valence-electron chi connectivity index (χ0n) is 30.9. The van der Waals surface area contributed by atoms with Gasteiger partial charge in [-0.25, -0.2) is 0 Å². The predicted molar refractivity (Wildman–Crippen MR) is 200 cm³/mol. The maximum absolute atomic E-state index is 12.6. The van der Waals surface area contributed by atoms with Gasteiger partial charge in [0.2, 0.25) is 0 Å². The molecule has 0 aliphatic rings. The second kappa shape index (κ2) is 37.9. The van der Waals surface area contributed by atoms with E-state index in [4.69, 9.17) is 9.84 Å². The van der Waals surface area contributed by atoms with Crippen LogP contribution in [0, 0.1) is 0 Å². The minimum Gasteiger partial charge on any atom is -0.481 e. The van der Waals surface area contributed by atoms with Gasteiger partial charge in [-0.3, -0.25) is 9.59 Å². The van der Waals surface area contributed by atoms with E-state index in [1.54, 1.807) is 0 Å². The summed E-state index contributed by atoms with van der Waals surface area (Å²) in [5.74, 6) is -0.723. The molecule has 0 fully saturated rings. The molecule has 0 saturated carbocycles. The monoisotopic (exact) mass is 647 g/mol. The van der Waals surface area contributed by atoms with Crippen molar-refractivity contribution in [2.45, 2.75) is 232 Å². The third kappa shape index (κ3) is 36.9. The van der Waals surface area contributed by atoms with Gasteiger partial charge < -0.3 is 9.84 Å². The van der Waals surface area contributed by atoms with Gasteiger partial charge in [0, 0.05) is 12.8 Å². The maximum Gasteiger partial charge on any atom is 0.306 e. The molecule has 0 amide bonds. The van der Waals surface area contributed by atoms with Crippen LogP contribution < -0.4 is 0 Å². The standard InChI is InChI=1S/C42H78O4/c1-3-5-7-9-11-13-14-15-16-17-18-19-20-21-22-23-24-25-27-29-35-39-42(45)46-40(37-33-30-31-34-38-41(43)44)36-32-28-26-12-10-8-6-4-2/h11,13,15-16,40H,3-10,12,14,17-39H2,1-2H3,(H,43,44)/b13-11-,16-15-. The third-order valence-electron chi connectivity index (χ3n) is 9.18. The predicted octanol–water partition coefficient (Wildman–Crippen LogP) is 14.0. The third-order valence-corrected chi connectivity index (χ3v) is 9.18. The van der Waals surface area contributed by atoms with Crippen molar-refractivity contribution in [3.05, 3.63) is 24.3 Å². The summed E-state index contributed by atoms with van der Waals surface area (Å²) >= 11 is 0. The molecule has 0 spiro atoms. The van der Waals surface area contributed by atoms with Gasteiger partial charge in [-0.15, -0.1) is 0 Å². The lowest BCUT2D eigenvalue weighted by Crippen LogP contribution is -2.18. The van der Waals surface area contributed by atoms with Crippen LogP contribution in [0.25, 0.3) is 0 Å². The average Bonchev–Trinajstić information content (AvgIpc) is 3.04. The molecule has 1 unspecified atom stereocenters. The summed E-state index contributed by atoms with van der Waals surface area (Å²) in [7, 11) is 0. The SMILES string of the molecule is CCCCC/C=C\C/C=C\CCCCCCCCCCCCCC(=O)OC(CCCCCCCCCC)CCCCCCC(=O)O. The summed E-state index contributed by atoms with van der Waals surface area (Å²) in [6.07, 6.45) is 47.7. The number of carboxylic acids is 1. The van der Waals surface area contributed by atoms with Crippen LogP contribution in [0.4, 0.5) is 0 Å². The van der Waals surface area contributed by atoms with E-state index in [1.807, 2.05) is 0 Å². The Balaban J connectivity index is 3.81. The topological polar surface area (TPSA) is 63.6 Å². The van der Waals surface area contributed by atoms with E-state index in [-0.39, 0.29) is 18.5 Å². The van der Waals surface area contributed by atoms with E-state index in [0.29, 0.717) is 6.42 Å². The molecule has 0 rings (SSSR count). The van der Waals surface area contributed by atoms with E-state index in [1.165, 1.54) is 135 Å². The number of unbranched alkanes of at least 4 members (excludes halogenated alkanes) is 24. The molecule has 4 nitrogen and oxygen atoms in total. The Morgan fingerprint density at radius 3 is 1.33 bits per heavy atom. The normalized spacial score (nSPS) is 12.4. The van der Waals surface area contributed by atoms with Gasteiger partial charge >= 0.3 is 11.9 Å². The lowest BCUT2D eigenvalue weighted by Gasteiger charge is -2.18. The van der Waals surface area contributed by atoms with E-state index in [2.05, 4.69) is 38.2 Å². The van der Waals surface area contributed by atoms with Crippen molar-refractivity contribution in [2.75, 3.05) is 0 Å². The Bertz CT molecular complexity index is 698. The number of ether oxygens (including phenoxy) is 1. The number of aliphatic carboxylic acids is 1. The second-order valence-corrected chi connectivity index (χ2v) is 13.8. The molecule has 0 aliphatic carbocycles. The highest BCUT2D eigenvalue weighted by Gasteiger charge is 2.14. The summed E-state index contributed by atoms with van der Waals surface area (Å²) in [6.45, 7) is 4.52. The van der Waals surface area contributed by atoms with Crippen molar-refractivity contribution < 1.29 is 19.4 Å². The molecule has 270 valence electrons. The zero-order valence-corrected chi connectivity index (χ0v) is 30.9. The van der Waals surface area contributed by atoms with E-state index in [0.717, 1.165) is 64.2 Å². The summed E-state index contributed by atoms with van der Waals surface area (Å²) in [6, 6.07) is 0. The maximum atomic E-state index is 12.6. The number of carboxylic acid groups (broad SMARTS) is 1. The molecule has 46 heavy (non-hydrogen) atoms. The van der Waals surface area contributed by atoms with Gasteiger partial charge in [-0.2, -0.15) is 0 Å². The molecule has 0 aromatic rings. The lowest BCUT2D eigenvalue weighted by atomic mass is 10.0. The second-order valence-electron chi connectivity index (χ2n) is 13.8. The summed E-state index contributed by atoms with van der Waals surface area (Å²) < 4.78 is 5.96. The van der Waals surface area contributed by atoms with Crippen LogP contribution in [0.3, 0.4) is 0 Å². The number of hydrogen-bond donors (Lipinski definition) is 1. The van der Waals surface area contributed by atoms with Crippen molar-refractivity contribution in [3.8, 4) is 0 Å². The Kier molecular flexibility index (Phi) is 36.6. The van der Waals surface area contributed by atoms with Crippen molar-refractivity contribution in [1.82, 2.24) is 0 Å². The largest absolute Gasteiger partial charge is 0.481 e. The molecule has 1 atom stereocenters. The van der Waals surface area contributed by atoms with Crippen molar-refractivity contribution in [2.24, 2.45) is 0 Å². The first-order chi connectivity index (χ1) is 22.6. The molecule has 0 aliphatic heterocycles. The highest BCUT2D eigenvalue weighted by atomic mass is 16.5. The smallest absolute Gasteiger partial charge is 0.306 e. The fraction of sp³-hybridized carbons (Fsp3) is 0.857. The Morgan fingerprint density at radius 1 is 0.478 bits per heavy atom. The zero-order chi connectivity index (χ0) is 33.6. The minimum absolute atomic E-state index is 0.0134. The lowest BCUT2D eigenvalue weighted by molar-refractivity contribution is -0.150. The molecule has 0 aromatic carbocycles. The van der Waals surface area contributed by atoms with Crippen LogP contribution in [-0.4, -0.2) is 23.1 Å². The van der Waals surface area contributed by atoms with Crippen molar-refractivity contribution >= 4 is 11.9 Å². The number of allylic oxidation sites excluding steroid dienone is 4. The summed E-state index contributed by atoms with van der Waals surface area (Å²) in [5.41, 5.74) is 0. The molecule has 0 heterocycles. The van der Waals surface area contributed by atoms with Gasteiger partial charge in [-0.05, 0) is 70.6 Å².